The Morgan fingerprint density at radius 3 is 2.90 bits per heavy atom. The van der Waals surface area contributed by atoms with Crippen LogP contribution >= 0.6 is 0 Å². The molecule has 150 valence electrons. The van der Waals surface area contributed by atoms with Crippen molar-refractivity contribution in [3.8, 4) is 5.75 Å². The first-order valence-corrected chi connectivity index (χ1v) is 10.6. The quantitative estimate of drug-likeness (QED) is 0.770. The minimum Gasteiger partial charge on any atom is -0.495 e. The molecule has 4 unspecified atom stereocenters. The fourth-order valence-electron chi connectivity index (χ4n) is 6.41. The Morgan fingerprint density at radius 2 is 2.10 bits per heavy atom. The Balaban J connectivity index is 1.46. The summed E-state index contributed by atoms with van der Waals surface area (Å²) in [6.07, 6.45) is 11.7. The van der Waals surface area contributed by atoms with Gasteiger partial charge in [-0.2, -0.15) is 0 Å². The second kappa shape index (κ2) is 6.72. The second-order valence-corrected chi connectivity index (χ2v) is 9.06. The predicted octanol–water partition coefficient (Wildman–Crippen LogP) is 5.34. The lowest BCUT2D eigenvalue weighted by atomic mass is 9.54. The van der Waals surface area contributed by atoms with Gasteiger partial charge in [0.05, 0.1) is 18.9 Å². The normalized spacial score (nSPS) is 30.0. The third kappa shape index (κ3) is 2.80. The van der Waals surface area contributed by atoms with Crippen LogP contribution in [-0.2, 0) is 6.42 Å². The maximum absolute atomic E-state index is 11.4. The number of aromatic carboxylic acids is 1. The van der Waals surface area contributed by atoms with Gasteiger partial charge in [0.15, 0.2) is 0 Å². The topological polar surface area (TPSA) is 59.4 Å². The van der Waals surface area contributed by atoms with Crippen molar-refractivity contribution in [1.82, 2.24) is 4.98 Å². The van der Waals surface area contributed by atoms with E-state index in [4.69, 9.17) is 4.74 Å². The number of carbonyl (C=O) groups is 1. The monoisotopic (exact) mass is 389 g/mol. The molecular weight excluding hydrogens is 362 g/mol. The number of fused-ring (bicyclic) bond motifs is 5. The highest BCUT2D eigenvalue weighted by Crippen LogP contribution is 2.63. The fourth-order valence-corrected chi connectivity index (χ4v) is 6.41. The third-order valence-electron chi connectivity index (χ3n) is 7.81. The molecule has 1 heterocycles. The minimum atomic E-state index is -0.831. The average Bonchev–Trinajstić information content (AvgIpc) is 3.10. The van der Waals surface area contributed by atoms with Gasteiger partial charge in [0.2, 0.25) is 0 Å². The van der Waals surface area contributed by atoms with Crippen molar-refractivity contribution in [2.45, 2.75) is 44.9 Å². The molecule has 0 aliphatic heterocycles. The largest absolute Gasteiger partial charge is 0.495 e. The molecule has 1 aromatic heterocycles. The van der Waals surface area contributed by atoms with Crippen molar-refractivity contribution < 1.29 is 14.6 Å². The number of hydrogen-bond donors (Lipinski definition) is 1. The van der Waals surface area contributed by atoms with Gasteiger partial charge in [-0.3, -0.25) is 4.98 Å². The zero-order valence-corrected chi connectivity index (χ0v) is 17.0. The first-order valence-electron chi connectivity index (χ1n) is 10.6. The van der Waals surface area contributed by atoms with Crippen LogP contribution in [0, 0.1) is 17.3 Å². The standard InChI is InChI=1S/C25H27NO3/c1-25-10-9-20-19-5-4-16(24(27)28)11-15(19)3-6-21(20)23(25)8-7-22(25)17-12-18(29-2)14-26-13-17/h4-5,7,11-14,20-21,23H,3,6,8-10H2,1-2H3,(H,27,28). The maximum Gasteiger partial charge on any atom is 0.335 e. The number of hydrogen-bond acceptors (Lipinski definition) is 3. The molecule has 0 bridgehead atoms. The summed E-state index contributed by atoms with van der Waals surface area (Å²) >= 11 is 0. The number of aromatic nitrogens is 1. The van der Waals surface area contributed by atoms with Crippen LogP contribution in [0.3, 0.4) is 0 Å². The summed E-state index contributed by atoms with van der Waals surface area (Å²) in [6, 6.07) is 7.90. The van der Waals surface area contributed by atoms with Gasteiger partial charge in [0.1, 0.15) is 5.75 Å². The van der Waals surface area contributed by atoms with Crippen LogP contribution < -0.4 is 4.74 Å². The van der Waals surface area contributed by atoms with E-state index in [9.17, 15) is 9.90 Å². The zero-order valence-electron chi connectivity index (χ0n) is 17.0. The summed E-state index contributed by atoms with van der Waals surface area (Å²) in [5, 5.41) is 9.33. The summed E-state index contributed by atoms with van der Waals surface area (Å²) in [5.41, 5.74) is 5.85. The molecule has 1 saturated carbocycles. The SMILES string of the molecule is COc1cncc(C2=CCC3C4CCc5cc(C(=O)O)ccc5C4CCC23C)c1. The molecule has 5 rings (SSSR count). The highest BCUT2D eigenvalue weighted by molar-refractivity contribution is 5.88. The van der Waals surface area contributed by atoms with Crippen molar-refractivity contribution in [2.75, 3.05) is 7.11 Å². The Bertz CT molecular complexity index is 1010. The Labute approximate surface area is 171 Å². The highest BCUT2D eigenvalue weighted by Gasteiger charge is 2.51. The summed E-state index contributed by atoms with van der Waals surface area (Å²) in [5.74, 6) is 1.82. The molecule has 0 saturated heterocycles. The second-order valence-electron chi connectivity index (χ2n) is 9.06. The number of allylic oxidation sites excluding steroid dienone is 2. The van der Waals surface area contributed by atoms with Crippen molar-refractivity contribution >= 4 is 11.5 Å². The number of carboxylic acids is 1. The highest BCUT2D eigenvalue weighted by atomic mass is 16.5. The average molecular weight is 389 g/mol. The van der Waals surface area contributed by atoms with E-state index in [0.717, 1.165) is 37.9 Å². The number of nitrogens with zero attached hydrogens (tertiary/aromatic N) is 1. The number of rotatable bonds is 3. The lowest BCUT2D eigenvalue weighted by molar-refractivity contribution is 0.0696. The molecule has 4 heteroatoms. The fraction of sp³-hybridized carbons (Fsp3) is 0.440. The number of carboxylic acid groups (broad SMARTS) is 1. The molecule has 3 aliphatic rings. The Kier molecular flexibility index (Phi) is 4.27. The number of ether oxygens (including phenoxy) is 1. The summed E-state index contributed by atoms with van der Waals surface area (Å²) in [4.78, 5) is 15.7. The van der Waals surface area contributed by atoms with Gasteiger partial charge in [-0.15, -0.1) is 0 Å². The first kappa shape index (κ1) is 18.4. The molecular formula is C25H27NO3. The van der Waals surface area contributed by atoms with Crippen LogP contribution in [0.15, 0.2) is 42.7 Å². The number of benzene rings is 1. The van der Waals surface area contributed by atoms with Crippen molar-refractivity contribution in [1.29, 1.82) is 0 Å². The lowest BCUT2D eigenvalue weighted by Crippen LogP contribution is -2.41. The van der Waals surface area contributed by atoms with E-state index in [-0.39, 0.29) is 5.41 Å². The van der Waals surface area contributed by atoms with Crippen molar-refractivity contribution in [3.63, 3.8) is 0 Å². The van der Waals surface area contributed by atoms with E-state index >= 15 is 0 Å². The van der Waals surface area contributed by atoms with Crippen molar-refractivity contribution in [2.24, 2.45) is 17.3 Å². The first-order chi connectivity index (χ1) is 14.0. The van der Waals surface area contributed by atoms with Gasteiger partial charge in [0.25, 0.3) is 0 Å². The van der Waals surface area contributed by atoms with E-state index in [2.05, 4.69) is 30.1 Å². The molecule has 0 amide bonds. The van der Waals surface area contributed by atoms with Crippen LogP contribution in [0.5, 0.6) is 5.75 Å². The van der Waals surface area contributed by atoms with Gasteiger partial charge in [-0.25, -0.2) is 4.79 Å². The Morgan fingerprint density at radius 1 is 1.24 bits per heavy atom. The van der Waals surface area contributed by atoms with Gasteiger partial charge >= 0.3 is 5.97 Å². The predicted molar refractivity (Wildman–Crippen MR) is 112 cm³/mol. The van der Waals surface area contributed by atoms with E-state index in [1.165, 1.54) is 22.3 Å². The molecule has 1 aromatic carbocycles. The maximum atomic E-state index is 11.4. The molecule has 2 aromatic rings. The summed E-state index contributed by atoms with van der Waals surface area (Å²) in [6.45, 7) is 2.44. The molecule has 0 spiro atoms. The van der Waals surface area contributed by atoms with E-state index in [0.29, 0.717) is 23.3 Å². The van der Waals surface area contributed by atoms with Crippen LogP contribution in [0.1, 0.15) is 65.6 Å². The molecule has 3 aliphatic carbocycles. The van der Waals surface area contributed by atoms with Crippen LogP contribution in [-0.4, -0.2) is 23.2 Å². The minimum absolute atomic E-state index is 0.174. The van der Waals surface area contributed by atoms with Crippen molar-refractivity contribution in [3.05, 3.63) is 65.0 Å². The van der Waals surface area contributed by atoms with Gasteiger partial charge in [0, 0.05) is 6.20 Å². The summed E-state index contributed by atoms with van der Waals surface area (Å²) in [7, 11) is 1.69. The van der Waals surface area contributed by atoms with E-state index < -0.39 is 5.97 Å². The number of methoxy groups -OCH3 is 1. The Hall–Kier alpha value is -2.62. The van der Waals surface area contributed by atoms with E-state index in [1.807, 2.05) is 12.3 Å². The molecule has 1 N–H and O–H groups in total. The number of aryl methyl sites for hydroxylation is 1. The van der Waals surface area contributed by atoms with Gasteiger partial charge < -0.3 is 9.84 Å². The molecule has 1 fully saturated rings. The summed E-state index contributed by atoms with van der Waals surface area (Å²) < 4.78 is 5.40. The number of pyridine rings is 1. The third-order valence-corrected chi connectivity index (χ3v) is 7.81. The molecule has 0 radical (unpaired) electrons. The molecule has 4 atom stereocenters. The zero-order chi connectivity index (χ0) is 20.2. The smallest absolute Gasteiger partial charge is 0.335 e. The molecule has 29 heavy (non-hydrogen) atoms. The van der Waals surface area contributed by atoms with Crippen LogP contribution in [0.2, 0.25) is 0 Å². The van der Waals surface area contributed by atoms with Crippen LogP contribution in [0.25, 0.3) is 5.57 Å². The van der Waals surface area contributed by atoms with Crippen LogP contribution in [0.4, 0.5) is 0 Å². The van der Waals surface area contributed by atoms with Gasteiger partial charge in [-0.1, -0.05) is 19.1 Å². The lowest BCUT2D eigenvalue weighted by Gasteiger charge is -2.50. The van der Waals surface area contributed by atoms with Gasteiger partial charge in [-0.05, 0) is 95.7 Å². The molecule has 4 nitrogen and oxygen atoms in total. The van der Waals surface area contributed by atoms with E-state index in [1.54, 1.807) is 19.4 Å².